The number of fused-ring (bicyclic) bond motifs is 1. The SMILES string of the molecule is C\C=C/C(=C\C=C\CC)c1cc2nc(N3C=CC(C4CCCNC4)N3C)cc(N3CCOCC3)n2n1. The number of hydrogen-bond donors (Lipinski definition) is 1. The van der Waals surface area contributed by atoms with Crippen LogP contribution >= 0.6 is 0 Å². The summed E-state index contributed by atoms with van der Waals surface area (Å²) < 4.78 is 7.64. The van der Waals surface area contributed by atoms with E-state index in [1.165, 1.54) is 12.8 Å². The molecule has 0 radical (unpaired) electrons. The van der Waals surface area contributed by atoms with E-state index < -0.39 is 0 Å². The summed E-state index contributed by atoms with van der Waals surface area (Å²) in [5, 5.41) is 13.1. The number of ether oxygens (including phenoxy) is 1. The molecule has 2 saturated heterocycles. The topological polar surface area (TPSA) is 61.2 Å². The number of aromatic nitrogens is 3. The van der Waals surface area contributed by atoms with Gasteiger partial charge in [-0.3, -0.25) is 5.01 Å². The highest BCUT2D eigenvalue weighted by Crippen LogP contribution is 2.32. The van der Waals surface area contributed by atoms with Gasteiger partial charge < -0.3 is 15.0 Å². The van der Waals surface area contributed by atoms with Crippen molar-refractivity contribution in [3.8, 4) is 0 Å². The summed E-state index contributed by atoms with van der Waals surface area (Å²) in [6.07, 6.45) is 18.6. The van der Waals surface area contributed by atoms with E-state index in [-0.39, 0.29) is 0 Å². The highest BCUT2D eigenvalue weighted by Gasteiger charge is 2.33. The van der Waals surface area contributed by atoms with Gasteiger partial charge in [-0.25, -0.2) is 9.99 Å². The van der Waals surface area contributed by atoms with Gasteiger partial charge in [-0.05, 0) is 51.3 Å². The van der Waals surface area contributed by atoms with Crippen molar-refractivity contribution in [3.05, 3.63) is 60.5 Å². The normalized spacial score (nSPS) is 24.2. The van der Waals surface area contributed by atoms with Gasteiger partial charge in [0.2, 0.25) is 0 Å². The summed E-state index contributed by atoms with van der Waals surface area (Å²) in [6.45, 7) is 9.50. The summed E-state index contributed by atoms with van der Waals surface area (Å²) in [6, 6.07) is 4.65. The molecule has 5 heterocycles. The van der Waals surface area contributed by atoms with Crippen LogP contribution in [0.1, 0.15) is 38.8 Å². The lowest BCUT2D eigenvalue weighted by molar-refractivity contribution is 0.122. The third-order valence-electron chi connectivity index (χ3n) is 7.27. The summed E-state index contributed by atoms with van der Waals surface area (Å²) in [4.78, 5) is 7.45. The van der Waals surface area contributed by atoms with Crippen molar-refractivity contribution in [2.75, 3.05) is 56.3 Å². The second kappa shape index (κ2) is 11.4. The quantitative estimate of drug-likeness (QED) is 0.589. The van der Waals surface area contributed by atoms with Crippen molar-refractivity contribution in [1.29, 1.82) is 0 Å². The molecule has 0 amide bonds. The molecule has 36 heavy (non-hydrogen) atoms. The van der Waals surface area contributed by atoms with Gasteiger partial charge in [0.05, 0.1) is 24.9 Å². The Hall–Kier alpha value is -2.94. The lowest BCUT2D eigenvalue weighted by Gasteiger charge is -2.36. The third kappa shape index (κ3) is 5.12. The summed E-state index contributed by atoms with van der Waals surface area (Å²) in [5.74, 6) is 2.58. The maximum absolute atomic E-state index is 5.64. The summed E-state index contributed by atoms with van der Waals surface area (Å²) in [7, 11) is 2.17. The molecule has 2 unspecified atom stereocenters. The van der Waals surface area contributed by atoms with Gasteiger partial charge in [-0.2, -0.15) is 9.61 Å². The van der Waals surface area contributed by atoms with Crippen LogP contribution in [0.3, 0.4) is 0 Å². The summed E-state index contributed by atoms with van der Waals surface area (Å²) >= 11 is 0. The molecule has 5 rings (SSSR count). The molecule has 3 aliphatic rings. The van der Waals surface area contributed by atoms with Crippen LogP contribution in [0, 0.1) is 5.92 Å². The number of nitrogens with zero attached hydrogens (tertiary/aromatic N) is 6. The fourth-order valence-corrected chi connectivity index (χ4v) is 5.35. The fourth-order valence-electron chi connectivity index (χ4n) is 5.35. The fraction of sp³-hybridized carbons (Fsp3) is 0.500. The molecule has 8 heteroatoms. The van der Waals surface area contributed by atoms with Crippen molar-refractivity contribution in [2.24, 2.45) is 5.92 Å². The first-order valence-electron chi connectivity index (χ1n) is 13.3. The molecule has 192 valence electrons. The number of hydrazine groups is 1. The van der Waals surface area contributed by atoms with E-state index in [0.29, 0.717) is 12.0 Å². The van der Waals surface area contributed by atoms with E-state index in [1.54, 1.807) is 0 Å². The molecule has 2 fully saturated rings. The average Bonchev–Trinajstić information content (AvgIpc) is 3.52. The zero-order valence-electron chi connectivity index (χ0n) is 21.8. The van der Waals surface area contributed by atoms with E-state index in [4.69, 9.17) is 14.8 Å². The molecular formula is C28H39N7O. The lowest BCUT2D eigenvalue weighted by Crippen LogP contribution is -2.46. The van der Waals surface area contributed by atoms with Crippen molar-refractivity contribution in [3.63, 3.8) is 0 Å². The predicted molar refractivity (Wildman–Crippen MR) is 147 cm³/mol. The molecule has 0 spiro atoms. The lowest BCUT2D eigenvalue weighted by atomic mass is 9.92. The van der Waals surface area contributed by atoms with Crippen molar-refractivity contribution in [1.82, 2.24) is 24.9 Å². The van der Waals surface area contributed by atoms with Crippen LogP contribution in [-0.2, 0) is 4.74 Å². The number of nitrogens with one attached hydrogen (secondary N) is 1. The van der Waals surface area contributed by atoms with E-state index in [1.807, 2.05) is 11.4 Å². The number of morpholine rings is 1. The van der Waals surface area contributed by atoms with Gasteiger partial charge in [-0.15, -0.1) is 0 Å². The van der Waals surface area contributed by atoms with Crippen LogP contribution < -0.4 is 15.2 Å². The van der Waals surface area contributed by atoms with Crippen molar-refractivity contribution >= 4 is 22.9 Å². The largest absolute Gasteiger partial charge is 0.378 e. The molecule has 0 aliphatic carbocycles. The minimum Gasteiger partial charge on any atom is -0.378 e. The second-order valence-electron chi connectivity index (χ2n) is 9.69. The third-order valence-corrected chi connectivity index (χ3v) is 7.27. The molecule has 3 aliphatic heterocycles. The van der Waals surface area contributed by atoms with Gasteiger partial charge >= 0.3 is 0 Å². The number of allylic oxidation sites excluding steroid dienone is 6. The molecule has 1 N–H and O–H groups in total. The smallest absolute Gasteiger partial charge is 0.160 e. The van der Waals surface area contributed by atoms with Gasteiger partial charge in [0, 0.05) is 44.0 Å². The summed E-state index contributed by atoms with van der Waals surface area (Å²) in [5.41, 5.74) is 2.85. The van der Waals surface area contributed by atoms with E-state index >= 15 is 0 Å². The van der Waals surface area contributed by atoms with Crippen LogP contribution in [0.25, 0.3) is 11.2 Å². The van der Waals surface area contributed by atoms with Crippen molar-refractivity contribution < 1.29 is 4.74 Å². The molecular weight excluding hydrogens is 450 g/mol. The van der Waals surface area contributed by atoms with Gasteiger partial charge in [0.1, 0.15) is 5.82 Å². The highest BCUT2D eigenvalue weighted by atomic mass is 16.5. The Bertz CT molecular complexity index is 1150. The Morgan fingerprint density at radius 3 is 2.86 bits per heavy atom. The van der Waals surface area contributed by atoms with Gasteiger partial charge in [0.25, 0.3) is 0 Å². The first-order valence-corrected chi connectivity index (χ1v) is 13.3. The standard InChI is InChI=1S/C28H39N7O/c1-4-6-7-10-22(9-5-2)24-19-27-30-26(20-28(35(27)31-24)33-15-17-36-18-16-33)34-14-12-25(32(34)3)23-11-8-13-29-21-23/h5-7,9-10,12,14,19-20,23,25,29H,4,8,11,13,15-18,21H2,1-3H3/b7-6+,9-5-,22-10+. The van der Waals surface area contributed by atoms with Crippen LogP contribution in [-0.4, -0.2) is 72.1 Å². The van der Waals surface area contributed by atoms with Gasteiger partial charge in [0.15, 0.2) is 11.5 Å². The minimum atomic E-state index is 0.373. The van der Waals surface area contributed by atoms with E-state index in [2.05, 4.69) is 89.0 Å². The number of piperidine rings is 1. The zero-order chi connectivity index (χ0) is 24.9. The molecule has 0 saturated carbocycles. The Labute approximate surface area is 214 Å². The zero-order valence-corrected chi connectivity index (χ0v) is 21.8. The van der Waals surface area contributed by atoms with Crippen LogP contribution in [0.4, 0.5) is 11.6 Å². The Morgan fingerprint density at radius 1 is 1.25 bits per heavy atom. The monoisotopic (exact) mass is 489 g/mol. The minimum absolute atomic E-state index is 0.373. The Kier molecular flexibility index (Phi) is 7.84. The average molecular weight is 490 g/mol. The molecule has 0 bridgehead atoms. The first kappa shape index (κ1) is 24.7. The Balaban J connectivity index is 1.53. The number of hydrogen-bond acceptors (Lipinski definition) is 7. The number of anilines is 2. The van der Waals surface area contributed by atoms with Crippen LogP contribution in [0.2, 0.25) is 0 Å². The molecule has 0 aromatic carbocycles. The highest BCUT2D eigenvalue weighted by molar-refractivity contribution is 5.76. The maximum atomic E-state index is 5.64. The molecule has 2 aromatic rings. The van der Waals surface area contributed by atoms with E-state index in [9.17, 15) is 0 Å². The second-order valence-corrected chi connectivity index (χ2v) is 9.69. The van der Waals surface area contributed by atoms with Crippen LogP contribution in [0.15, 0.2) is 54.8 Å². The first-order chi connectivity index (χ1) is 17.7. The van der Waals surface area contributed by atoms with Gasteiger partial charge in [-0.1, -0.05) is 37.3 Å². The number of likely N-dealkylation sites (N-methyl/N-ethyl adjacent to an activating group) is 1. The molecule has 8 nitrogen and oxygen atoms in total. The van der Waals surface area contributed by atoms with E-state index in [0.717, 1.165) is 74.4 Å². The van der Waals surface area contributed by atoms with Crippen LogP contribution in [0.5, 0.6) is 0 Å². The maximum Gasteiger partial charge on any atom is 0.160 e. The Morgan fingerprint density at radius 2 is 2.11 bits per heavy atom. The predicted octanol–water partition coefficient (Wildman–Crippen LogP) is 4.04. The molecule has 2 atom stereocenters. The van der Waals surface area contributed by atoms with Crippen molar-refractivity contribution in [2.45, 2.75) is 39.2 Å². The molecule has 2 aromatic heterocycles. The number of rotatable bonds is 7.